The lowest BCUT2D eigenvalue weighted by Gasteiger charge is -2.17. The summed E-state index contributed by atoms with van der Waals surface area (Å²) in [6, 6.07) is 0. The molecule has 0 aliphatic rings. The van der Waals surface area contributed by atoms with Crippen LogP contribution >= 0.6 is 0 Å². The molecule has 92 valence electrons. The third-order valence-electron chi connectivity index (χ3n) is 2.64. The molecule has 15 heavy (non-hydrogen) atoms. The zero-order valence-electron chi connectivity index (χ0n) is 10.6. The molecule has 0 fully saturated rings. The Balaban J connectivity index is 3.06. The van der Waals surface area contributed by atoms with Gasteiger partial charge in [-0.3, -0.25) is 0 Å². The Hall–Kier alpha value is -0.0800. The molecular weight excluding hydrogens is 188 g/mol. The molecule has 0 amide bonds. The topological polar surface area (TPSA) is 40.5 Å². The molecule has 0 aliphatic heterocycles. The molecule has 0 saturated heterocycles. The van der Waals surface area contributed by atoms with Crippen LogP contribution in [0.3, 0.4) is 0 Å². The lowest BCUT2D eigenvalue weighted by molar-refractivity contribution is -0.0466. The van der Waals surface area contributed by atoms with E-state index in [4.69, 9.17) is 10.2 Å². The van der Waals surface area contributed by atoms with Gasteiger partial charge in [0, 0.05) is 0 Å². The number of rotatable bonds is 8. The fourth-order valence-electron chi connectivity index (χ4n) is 1.69. The van der Waals surface area contributed by atoms with E-state index in [0.717, 1.165) is 12.8 Å². The van der Waals surface area contributed by atoms with Crippen LogP contribution in [-0.2, 0) is 0 Å². The van der Waals surface area contributed by atoms with Gasteiger partial charge >= 0.3 is 0 Å². The van der Waals surface area contributed by atoms with Gasteiger partial charge in [0.2, 0.25) is 0 Å². The smallest absolute Gasteiger partial charge is 0.151 e. The summed E-state index contributed by atoms with van der Waals surface area (Å²) in [6.07, 6.45) is 7.97. The molecule has 0 bridgehead atoms. The largest absolute Gasteiger partial charge is 0.368 e. The van der Waals surface area contributed by atoms with Crippen molar-refractivity contribution in [1.82, 2.24) is 0 Å². The van der Waals surface area contributed by atoms with E-state index in [0.29, 0.717) is 11.8 Å². The van der Waals surface area contributed by atoms with Crippen molar-refractivity contribution >= 4 is 0 Å². The maximum absolute atomic E-state index is 8.64. The van der Waals surface area contributed by atoms with Gasteiger partial charge in [-0.25, -0.2) is 0 Å². The van der Waals surface area contributed by atoms with Crippen LogP contribution < -0.4 is 0 Å². The molecule has 0 aromatic heterocycles. The van der Waals surface area contributed by atoms with Crippen molar-refractivity contribution in [2.45, 2.75) is 78.4 Å². The van der Waals surface area contributed by atoms with E-state index in [-0.39, 0.29) is 0 Å². The minimum Gasteiger partial charge on any atom is -0.368 e. The monoisotopic (exact) mass is 216 g/mol. The van der Waals surface area contributed by atoms with Crippen LogP contribution in [0.2, 0.25) is 0 Å². The Morgan fingerprint density at radius 2 is 1.27 bits per heavy atom. The molecule has 0 heterocycles. The maximum Gasteiger partial charge on any atom is 0.151 e. The Labute approximate surface area is 94.7 Å². The Morgan fingerprint density at radius 3 is 1.73 bits per heavy atom. The number of hydrogen-bond acceptors (Lipinski definition) is 2. The number of aliphatic hydroxyl groups excluding tert-OH is 1. The van der Waals surface area contributed by atoms with E-state index in [1.807, 2.05) is 0 Å². The normalized spacial score (nSPS) is 12.4. The quantitative estimate of drug-likeness (QED) is 0.482. The van der Waals surface area contributed by atoms with Crippen LogP contribution in [0.4, 0.5) is 0 Å². The first-order chi connectivity index (χ1) is 6.92. The van der Waals surface area contributed by atoms with Crippen molar-refractivity contribution in [1.29, 1.82) is 0 Å². The third kappa shape index (κ3) is 13.9. The standard InChI is InChI=1S/C13H28O2/c1-13(2,3)11-9-7-5-4-6-8-10-12(14)15/h12,14-15H,4-11H2,1-3H3. The van der Waals surface area contributed by atoms with Gasteiger partial charge in [-0.15, -0.1) is 0 Å². The molecule has 0 spiro atoms. The summed E-state index contributed by atoms with van der Waals surface area (Å²) < 4.78 is 0. The summed E-state index contributed by atoms with van der Waals surface area (Å²) in [5.41, 5.74) is 0.473. The van der Waals surface area contributed by atoms with Gasteiger partial charge < -0.3 is 10.2 Å². The summed E-state index contributed by atoms with van der Waals surface area (Å²) in [6.45, 7) is 6.86. The fourth-order valence-corrected chi connectivity index (χ4v) is 1.69. The van der Waals surface area contributed by atoms with Crippen LogP contribution in [0.25, 0.3) is 0 Å². The Kier molecular flexibility index (Phi) is 8.07. The molecule has 2 nitrogen and oxygen atoms in total. The van der Waals surface area contributed by atoms with Crippen LogP contribution in [0.1, 0.15) is 72.1 Å². The van der Waals surface area contributed by atoms with Crippen molar-refractivity contribution in [3.8, 4) is 0 Å². The fraction of sp³-hybridized carbons (Fsp3) is 1.00. The molecule has 0 unspecified atom stereocenters. The average Bonchev–Trinajstić information content (AvgIpc) is 2.07. The van der Waals surface area contributed by atoms with Crippen LogP contribution in [0.5, 0.6) is 0 Å². The van der Waals surface area contributed by atoms with E-state index in [2.05, 4.69) is 20.8 Å². The predicted octanol–water partition coefficient (Wildman–Crippen LogP) is 3.46. The number of aliphatic hydroxyl groups is 2. The second-order valence-corrected chi connectivity index (χ2v) is 5.70. The minimum absolute atomic E-state index is 0.473. The van der Waals surface area contributed by atoms with E-state index >= 15 is 0 Å². The molecule has 0 aliphatic carbocycles. The second kappa shape index (κ2) is 8.12. The zero-order chi connectivity index (χ0) is 11.7. The first-order valence-electron chi connectivity index (χ1n) is 6.28. The van der Waals surface area contributed by atoms with Crippen LogP contribution in [0.15, 0.2) is 0 Å². The van der Waals surface area contributed by atoms with E-state index < -0.39 is 6.29 Å². The minimum atomic E-state index is -1.11. The van der Waals surface area contributed by atoms with Gasteiger partial charge in [0.15, 0.2) is 6.29 Å². The van der Waals surface area contributed by atoms with E-state index in [1.54, 1.807) is 0 Å². The van der Waals surface area contributed by atoms with Gasteiger partial charge in [-0.2, -0.15) is 0 Å². The molecule has 0 radical (unpaired) electrons. The summed E-state index contributed by atoms with van der Waals surface area (Å²) >= 11 is 0. The van der Waals surface area contributed by atoms with Crippen molar-refractivity contribution in [3.05, 3.63) is 0 Å². The zero-order valence-corrected chi connectivity index (χ0v) is 10.6. The Morgan fingerprint density at radius 1 is 0.800 bits per heavy atom. The van der Waals surface area contributed by atoms with Gasteiger partial charge in [-0.1, -0.05) is 52.9 Å². The van der Waals surface area contributed by atoms with Crippen molar-refractivity contribution in [3.63, 3.8) is 0 Å². The van der Waals surface area contributed by atoms with E-state index in [1.165, 1.54) is 32.1 Å². The molecule has 2 N–H and O–H groups in total. The molecule has 0 rings (SSSR count). The molecule has 2 heteroatoms. The molecule has 0 atom stereocenters. The van der Waals surface area contributed by atoms with Gasteiger partial charge in [0.25, 0.3) is 0 Å². The molecule has 0 aromatic rings. The first-order valence-corrected chi connectivity index (χ1v) is 6.28. The highest BCUT2D eigenvalue weighted by Gasteiger charge is 2.08. The lowest BCUT2D eigenvalue weighted by Crippen LogP contribution is -2.04. The van der Waals surface area contributed by atoms with Crippen LogP contribution in [0, 0.1) is 5.41 Å². The second-order valence-electron chi connectivity index (χ2n) is 5.70. The SMILES string of the molecule is CC(C)(C)CCCCCCCCC(O)O. The van der Waals surface area contributed by atoms with Crippen molar-refractivity contribution in [2.24, 2.45) is 5.41 Å². The van der Waals surface area contributed by atoms with Crippen LogP contribution in [-0.4, -0.2) is 16.5 Å². The maximum atomic E-state index is 8.64. The Bertz CT molecular complexity index is 136. The first kappa shape index (κ1) is 14.9. The van der Waals surface area contributed by atoms with Gasteiger partial charge in [0.05, 0.1) is 0 Å². The summed E-state index contributed by atoms with van der Waals surface area (Å²) in [7, 11) is 0. The lowest BCUT2D eigenvalue weighted by atomic mass is 9.89. The van der Waals surface area contributed by atoms with Gasteiger partial charge in [-0.05, 0) is 24.7 Å². The van der Waals surface area contributed by atoms with Gasteiger partial charge in [0.1, 0.15) is 0 Å². The number of hydrogen-bond donors (Lipinski definition) is 2. The molecule has 0 saturated carbocycles. The summed E-state index contributed by atoms with van der Waals surface area (Å²) in [5, 5.41) is 17.3. The molecular formula is C13H28O2. The number of unbranched alkanes of at least 4 members (excludes halogenated alkanes) is 5. The average molecular weight is 216 g/mol. The van der Waals surface area contributed by atoms with E-state index in [9.17, 15) is 0 Å². The highest BCUT2D eigenvalue weighted by molar-refractivity contribution is 4.61. The highest BCUT2D eigenvalue weighted by Crippen LogP contribution is 2.22. The summed E-state index contributed by atoms with van der Waals surface area (Å²) in [4.78, 5) is 0. The predicted molar refractivity (Wildman–Crippen MR) is 64.6 cm³/mol. The van der Waals surface area contributed by atoms with Crippen molar-refractivity contribution < 1.29 is 10.2 Å². The third-order valence-corrected chi connectivity index (χ3v) is 2.64. The highest BCUT2D eigenvalue weighted by atomic mass is 16.5. The molecule has 0 aromatic carbocycles. The summed E-state index contributed by atoms with van der Waals surface area (Å²) in [5.74, 6) is 0. The van der Waals surface area contributed by atoms with Crippen molar-refractivity contribution in [2.75, 3.05) is 0 Å².